The molecule has 0 atom stereocenters. The molecule has 0 fully saturated rings. The second kappa shape index (κ2) is 8.58. The van der Waals surface area contributed by atoms with Crippen LogP contribution in [0.2, 0.25) is 0 Å². The number of aryl methyl sites for hydroxylation is 1. The second-order valence-corrected chi connectivity index (χ2v) is 5.14. The van der Waals surface area contributed by atoms with Gasteiger partial charge in [0.2, 0.25) is 5.91 Å². The molecule has 5 heteroatoms. The summed E-state index contributed by atoms with van der Waals surface area (Å²) in [5.74, 6) is 0.0469. The fourth-order valence-electron chi connectivity index (χ4n) is 1.98. The van der Waals surface area contributed by atoms with Crippen molar-refractivity contribution in [2.45, 2.75) is 13.5 Å². The number of rotatable bonds is 7. The van der Waals surface area contributed by atoms with Gasteiger partial charge < -0.3 is 15.4 Å². The molecule has 0 aliphatic heterocycles. The van der Waals surface area contributed by atoms with Crippen LogP contribution in [0.3, 0.4) is 0 Å². The van der Waals surface area contributed by atoms with E-state index in [1.807, 2.05) is 49.4 Å². The summed E-state index contributed by atoms with van der Waals surface area (Å²) in [5, 5.41) is 5.29. The molecule has 0 radical (unpaired) electrons. The lowest BCUT2D eigenvalue weighted by atomic mass is 10.1. The maximum atomic E-state index is 11.7. The van der Waals surface area contributed by atoms with Gasteiger partial charge in [-0.3, -0.25) is 9.59 Å². The molecule has 0 heterocycles. The molecule has 0 saturated carbocycles. The number of ether oxygens (including phenoxy) is 1. The summed E-state index contributed by atoms with van der Waals surface area (Å²) in [6.07, 6.45) is 0. The van der Waals surface area contributed by atoms with Crippen molar-refractivity contribution in [1.29, 1.82) is 0 Å². The molecule has 2 rings (SSSR count). The van der Waals surface area contributed by atoms with Crippen LogP contribution in [-0.4, -0.2) is 25.0 Å². The molecule has 0 saturated heterocycles. The molecule has 0 spiro atoms. The monoisotopic (exact) mass is 312 g/mol. The quantitative estimate of drug-likeness (QED) is 0.819. The van der Waals surface area contributed by atoms with E-state index in [-0.39, 0.29) is 25.0 Å². The number of amides is 2. The fourth-order valence-corrected chi connectivity index (χ4v) is 1.98. The van der Waals surface area contributed by atoms with Gasteiger partial charge in [0.25, 0.3) is 5.91 Å². The van der Waals surface area contributed by atoms with E-state index < -0.39 is 0 Å². The van der Waals surface area contributed by atoms with Crippen LogP contribution in [0.25, 0.3) is 0 Å². The number of hydrogen-bond acceptors (Lipinski definition) is 3. The van der Waals surface area contributed by atoms with Crippen molar-refractivity contribution in [3.8, 4) is 5.75 Å². The third kappa shape index (κ3) is 6.22. The molecule has 0 aromatic heterocycles. The zero-order valence-electron chi connectivity index (χ0n) is 13.0. The lowest BCUT2D eigenvalue weighted by Crippen LogP contribution is -2.38. The number of hydrogen-bond donors (Lipinski definition) is 2. The minimum absolute atomic E-state index is 0.0667. The third-order valence-corrected chi connectivity index (χ3v) is 3.13. The van der Waals surface area contributed by atoms with Gasteiger partial charge in [0, 0.05) is 6.54 Å². The van der Waals surface area contributed by atoms with Crippen LogP contribution in [0.1, 0.15) is 11.1 Å². The van der Waals surface area contributed by atoms with Crippen LogP contribution in [-0.2, 0) is 16.1 Å². The molecule has 2 N–H and O–H groups in total. The molecule has 23 heavy (non-hydrogen) atoms. The van der Waals surface area contributed by atoms with Crippen molar-refractivity contribution in [3.63, 3.8) is 0 Å². The Morgan fingerprint density at radius 2 is 1.74 bits per heavy atom. The van der Waals surface area contributed by atoms with Crippen LogP contribution in [0, 0.1) is 6.92 Å². The number of para-hydroxylation sites is 1. The van der Waals surface area contributed by atoms with Crippen LogP contribution in [0.15, 0.2) is 54.6 Å². The first-order chi connectivity index (χ1) is 11.1. The highest BCUT2D eigenvalue weighted by Crippen LogP contribution is 2.07. The highest BCUT2D eigenvalue weighted by Gasteiger charge is 2.06. The van der Waals surface area contributed by atoms with Gasteiger partial charge in [0.1, 0.15) is 5.75 Å². The first kappa shape index (κ1) is 16.5. The Kier molecular flexibility index (Phi) is 6.17. The topological polar surface area (TPSA) is 67.4 Å². The predicted octanol–water partition coefficient (Wildman–Crippen LogP) is 1.81. The fraction of sp³-hybridized carbons (Fsp3) is 0.222. The summed E-state index contributed by atoms with van der Waals surface area (Å²) in [4.78, 5) is 23.3. The van der Waals surface area contributed by atoms with Crippen molar-refractivity contribution in [3.05, 3.63) is 65.7 Å². The van der Waals surface area contributed by atoms with Gasteiger partial charge in [-0.15, -0.1) is 0 Å². The summed E-state index contributed by atoms with van der Waals surface area (Å²) in [5.41, 5.74) is 2.17. The minimum Gasteiger partial charge on any atom is -0.484 e. The van der Waals surface area contributed by atoms with Crippen molar-refractivity contribution in [2.75, 3.05) is 13.2 Å². The molecule has 0 aliphatic carbocycles. The number of carbonyl (C=O) groups excluding carboxylic acids is 2. The first-order valence-corrected chi connectivity index (χ1v) is 7.40. The van der Waals surface area contributed by atoms with E-state index in [9.17, 15) is 9.59 Å². The maximum absolute atomic E-state index is 11.7. The average molecular weight is 312 g/mol. The summed E-state index contributed by atoms with van der Waals surface area (Å²) < 4.78 is 5.30. The highest BCUT2D eigenvalue weighted by atomic mass is 16.5. The summed E-state index contributed by atoms with van der Waals surface area (Å²) in [7, 11) is 0. The average Bonchev–Trinajstić information content (AvgIpc) is 2.57. The van der Waals surface area contributed by atoms with Gasteiger partial charge in [-0.2, -0.15) is 0 Å². The Labute approximate surface area is 135 Å². The molecule has 5 nitrogen and oxygen atoms in total. The summed E-state index contributed by atoms with van der Waals surface area (Å²) in [6.45, 7) is 2.26. The van der Waals surface area contributed by atoms with Gasteiger partial charge in [0.05, 0.1) is 6.54 Å². The van der Waals surface area contributed by atoms with Gasteiger partial charge >= 0.3 is 0 Å². The standard InChI is InChI=1S/C18H20N2O3/c1-14-6-5-7-15(10-14)11-19-17(21)12-20-18(22)13-23-16-8-3-2-4-9-16/h2-10H,11-13H2,1H3,(H,19,21)(H,20,22). The van der Waals surface area contributed by atoms with Crippen molar-refractivity contribution >= 4 is 11.8 Å². The van der Waals surface area contributed by atoms with Crippen molar-refractivity contribution < 1.29 is 14.3 Å². The summed E-state index contributed by atoms with van der Waals surface area (Å²) in [6, 6.07) is 16.9. The Morgan fingerprint density at radius 3 is 2.48 bits per heavy atom. The Morgan fingerprint density at radius 1 is 0.957 bits per heavy atom. The van der Waals surface area contributed by atoms with Crippen LogP contribution in [0.5, 0.6) is 5.75 Å². The largest absolute Gasteiger partial charge is 0.484 e. The Bertz CT molecular complexity index is 656. The molecule has 0 aliphatic rings. The van der Waals surface area contributed by atoms with E-state index >= 15 is 0 Å². The SMILES string of the molecule is Cc1cccc(CNC(=O)CNC(=O)COc2ccccc2)c1. The molecule has 2 amide bonds. The van der Waals surface area contributed by atoms with Crippen LogP contribution in [0.4, 0.5) is 0 Å². The van der Waals surface area contributed by atoms with Gasteiger partial charge in [-0.05, 0) is 24.6 Å². The molecular formula is C18H20N2O3. The molecule has 120 valence electrons. The number of benzene rings is 2. The Hall–Kier alpha value is -2.82. The van der Waals surface area contributed by atoms with E-state index in [0.29, 0.717) is 12.3 Å². The normalized spacial score (nSPS) is 9.96. The number of carbonyl (C=O) groups is 2. The molecule has 2 aromatic rings. The molecule has 2 aromatic carbocycles. The van der Waals surface area contributed by atoms with E-state index in [2.05, 4.69) is 10.6 Å². The first-order valence-electron chi connectivity index (χ1n) is 7.40. The van der Waals surface area contributed by atoms with Gasteiger partial charge in [-0.1, -0.05) is 48.0 Å². The lowest BCUT2D eigenvalue weighted by molar-refractivity contribution is -0.127. The van der Waals surface area contributed by atoms with Gasteiger partial charge in [0.15, 0.2) is 6.61 Å². The van der Waals surface area contributed by atoms with E-state index in [1.54, 1.807) is 12.1 Å². The van der Waals surface area contributed by atoms with E-state index in [4.69, 9.17) is 4.74 Å². The highest BCUT2D eigenvalue weighted by molar-refractivity contribution is 5.85. The predicted molar refractivity (Wildman–Crippen MR) is 88.0 cm³/mol. The van der Waals surface area contributed by atoms with E-state index in [0.717, 1.165) is 11.1 Å². The molecular weight excluding hydrogens is 292 g/mol. The minimum atomic E-state index is -0.334. The summed E-state index contributed by atoms with van der Waals surface area (Å²) >= 11 is 0. The van der Waals surface area contributed by atoms with Crippen molar-refractivity contribution in [2.24, 2.45) is 0 Å². The molecule has 0 unspecified atom stereocenters. The number of nitrogens with one attached hydrogen (secondary N) is 2. The zero-order valence-corrected chi connectivity index (χ0v) is 13.0. The maximum Gasteiger partial charge on any atom is 0.258 e. The lowest BCUT2D eigenvalue weighted by Gasteiger charge is -2.08. The second-order valence-electron chi connectivity index (χ2n) is 5.14. The van der Waals surface area contributed by atoms with E-state index in [1.165, 1.54) is 0 Å². The van der Waals surface area contributed by atoms with Crippen LogP contribution < -0.4 is 15.4 Å². The molecule has 0 bridgehead atoms. The van der Waals surface area contributed by atoms with Crippen molar-refractivity contribution in [1.82, 2.24) is 10.6 Å². The zero-order chi connectivity index (χ0) is 16.5. The van der Waals surface area contributed by atoms with Crippen LogP contribution >= 0.6 is 0 Å². The third-order valence-electron chi connectivity index (χ3n) is 3.13. The smallest absolute Gasteiger partial charge is 0.258 e. The van der Waals surface area contributed by atoms with Gasteiger partial charge in [-0.25, -0.2) is 0 Å². The Balaban J connectivity index is 1.64.